The molecule has 2 heterocycles. The van der Waals surface area contributed by atoms with Crippen molar-refractivity contribution in [3.05, 3.63) is 35.2 Å². The maximum atomic E-state index is 5.20. The first-order chi connectivity index (χ1) is 8.33. The Morgan fingerprint density at radius 3 is 2.67 bits per heavy atom. The van der Waals surface area contributed by atoms with E-state index in [9.17, 15) is 0 Å². The fourth-order valence-electron chi connectivity index (χ4n) is 2.22. The highest BCUT2D eigenvalue weighted by molar-refractivity contribution is 5.85. The minimum absolute atomic E-state index is 0. The van der Waals surface area contributed by atoms with Crippen LogP contribution in [0.15, 0.2) is 22.7 Å². The molecule has 1 aliphatic heterocycles. The second kappa shape index (κ2) is 5.50. The predicted octanol–water partition coefficient (Wildman–Crippen LogP) is 2.16. The van der Waals surface area contributed by atoms with Crippen molar-refractivity contribution in [3.63, 3.8) is 0 Å². The fraction of sp³-hybridized carbons (Fsp3) is 0.385. The van der Waals surface area contributed by atoms with Crippen molar-refractivity contribution in [3.8, 4) is 11.5 Å². The zero-order valence-electron chi connectivity index (χ0n) is 10.3. The van der Waals surface area contributed by atoms with E-state index in [0.717, 1.165) is 31.5 Å². The van der Waals surface area contributed by atoms with Crippen molar-refractivity contribution in [1.29, 1.82) is 0 Å². The van der Waals surface area contributed by atoms with E-state index in [0.29, 0.717) is 11.7 Å². The first kappa shape index (κ1) is 13.1. The molecule has 1 aromatic carbocycles. The number of fused-ring (bicyclic) bond motifs is 1. The Labute approximate surface area is 112 Å². The summed E-state index contributed by atoms with van der Waals surface area (Å²) in [6.45, 7) is 3.94. The summed E-state index contributed by atoms with van der Waals surface area (Å²) >= 11 is 0. The molecule has 0 radical (unpaired) electrons. The molecule has 0 fully saturated rings. The smallest absolute Gasteiger partial charge is 0.257 e. The van der Waals surface area contributed by atoms with Gasteiger partial charge in [0.25, 0.3) is 5.89 Å². The second-order valence-electron chi connectivity index (χ2n) is 4.38. The Hall–Kier alpha value is -1.39. The first-order valence-electron chi connectivity index (χ1n) is 5.96. The van der Waals surface area contributed by atoms with Crippen LogP contribution in [-0.2, 0) is 12.8 Å². The lowest BCUT2D eigenvalue weighted by atomic mass is 10.00. The van der Waals surface area contributed by atoms with Crippen LogP contribution in [-0.4, -0.2) is 23.2 Å². The number of nitrogens with one attached hydrogen (secondary N) is 1. The van der Waals surface area contributed by atoms with Gasteiger partial charge in [-0.15, -0.1) is 12.4 Å². The van der Waals surface area contributed by atoms with Crippen LogP contribution in [0.4, 0.5) is 0 Å². The Bertz CT molecular complexity index is 539. The fourth-order valence-corrected chi connectivity index (χ4v) is 2.22. The van der Waals surface area contributed by atoms with Crippen molar-refractivity contribution < 1.29 is 4.52 Å². The normalized spacial score (nSPS) is 14.5. The third-order valence-electron chi connectivity index (χ3n) is 3.12. The number of hydrogen-bond donors (Lipinski definition) is 1. The van der Waals surface area contributed by atoms with Gasteiger partial charge in [-0.3, -0.25) is 0 Å². The summed E-state index contributed by atoms with van der Waals surface area (Å²) in [5, 5.41) is 7.23. The maximum absolute atomic E-state index is 5.20. The molecule has 0 bridgehead atoms. The molecule has 3 rings (SSSR count). The third kappa shape index (κ3) is 2.54. The van der Waals surface area contributed by atoms with Crippen molar-refractivity contribution in [1.82, 2.24) is 15.5 Å². The molecule has 0 atom stereocenters. The molecule has 18 heavy (non-hydrogen) atoms. The molecule has 0 saturated heterocycles. The van der Waals surface area contributed by atoms with Crippen LogP contribution in [0.3, 0.4) is 0 Å². The SMILES string of the molecule is Cc1noc(-c2ccc3c(c2)CCNCC3)n1.Cl. The highest BCUT2D eigenvalue weighted by Crippen LogP contribution is 2.22. The summed E-state index contributed by atoms with van der Waals surface area (Å²) in [4.78, 5) is 4.26. The minimum Gasteiger partial charge on any atom is -0.334 e. The average Bonchev–Trinajstić information content (AvgIpc) is 2.64. The molecular weight excluding hydrogens is 250 g/mol. The van der Waals surface area contributed by atoms with E-state index in [1.54, 1.807) is 0 Å². The van der Waals surface area contributed by atoms with Gasteiger partial charge in [-0.1, -0.05) is 11.2 Å². The van der Waals surface area contributed by atoms with E-state index >= 15 is 0 Å². The Balaban J connectivity index is 0.00000120. The van der Waals surface area contributed by atoms with E-state index in [-0.39, 0.29) is 12.4 Å². The number of nitrogens with zero attached hydrogens (tertiary/aromatic N) is 2. The standard InChI is InChI=1S/C13H15N3O.ClH/c1-9-15-13(17-16-9)12-3-2-10-4-6-14-7-5-11(10)8-12;/h2-3,8,14H,4-7H2,1H3;1H. The first-order valence-corrected chi connectivity index (χ1v) is 5.96. The van der Waals surface area contributed by atoms with Gasteiger partial charge in [0.15, 0.2) is 5.82 Å². The molecule has 1 aliphatic rings. The van der Waals surface area contributed by atoms with Crippen LogP contribution in [0.25, 0.3) is 11.5 Å². The molecule has 0 spiro atoms. The zero-order valence-corrected chi connectivity index (χ0v) is 11.1. The molecule has 0 amide bonds. The monoisotopic (exact) mass is 265 g/mol. The van der Waals surface area contributed by atoms with Crippen molar-refractivity contribution >= 4 is 12.4 Å². The van der Waals surface area contributed by atoms with E-state index in [1.165, 1.54) is 11.1 Å². The Morgan fingerprint density at radius 2 is 1.94 bits per heavy atom. The predicted molar refractivity (Wildman–Crippen MR) is 72.0 cm³/mol. The summed E-state index contributed by atoms with van der Waals surface area (Å²) in [7, 11) is 0. The van der Waals surface area contributed by atoms with Crippen molar-refractivity contribution in [2.24, 2.45) is 0 Å². The van der Waals surface area contributed by atoms with Gasteiger partial charge in [-0.2, -0.15) is 4.98 Å². The molecule has 2 aromatic rings. The Morgan fingerprint density at radius 1 is 1.17 bits per heavy atom. The van der Waals surface area contributed by atoms with Gasteiger partial charge in [0.05, 0.1) is 0 Å². The largest absolute Gasteiger partial charge is 0.334 e. The van der Waals surface area contributed by atoms with Crippen LogP contribution in [0, 0.1) is 6.92 Å². The van der Waals surface area contributed by atoms with Gasteiger partial charge >= 0.3 is 0 Å². The summed E-state index contributed by atoms with van der Waals surface area (Å²) in [6.07, 6.45) is 2.16. The van der Waals surface area contributed by atoms with Crippen molar-refractivity contribution in [2.75, 3.05) is 13.1 Å². The van der Waals surface area contributed by atoms with Gasteiger partial charge < -0.3 is 9.84 Å². The quantitative estimate of drug-likeness (QED) is 0.858. The molecule has 4 nitrogen and oxygen atoms in total. The molecule has 1 aromatic heterocycles. The van der Waals surface area contributed by atoms with Crippen LogP contribution >= 0.6 is 12.4 Å². The summed E-state index contributed by atoms with van der Waals surface area (Å²) in [6, 6.07) is 6.42. The lowest BCUT2D eigenvalue weighted by molar-refractivity contribution is 0.425. The third-order valence-corrected chi connectivity index (χ3v) is 3.12. The maximum Gasteiger partial charge on any atom is 0.257 e. The second-order valence-corrected chi connectivity index (χ2v) is 4.38. The number of hydrogen-bond acceptors (Lipinski definition) is 4. The topological polar surface area (TPSA) is 51.0 Å². The molecule has 0 aliphatic carbocycles. The van der Waals surface area contributed by atoms with Crippen LogP contribution in [0.1, 0.15) is 17.0 Å². The highest BCUT2D eigenvalue weighted by Gasteiger charge is 2.11. The highest BCUT2D eigenvalue weighted by atomic mass is 35.5. The van der Waals surface area contributed by atoms with Gasteiger partial charge in [0, 0.05) is 5.56 Å². The van der Waals surface area contributed by atoms with Gasteiger partial charge in [0.1, 0.15) is 0 Å². The van der Waals surface area contributed by atoms with Gasteiger partial charge in [-0.25, -0.2) is 0 Å². The van der Waals surface area contributed by atoms with Gasteiger partial charge in [-0.05, 0) is 56.1 Å². The summed E-state index contributed by atoms with van der Waals surface area (Å²) in [5.74, 6) is 1.29. The van der Waals surface area contributed by atoms with Crippen LogP contribution in [0.2, 0.25) is 0 Å². The molecule has 1 N–H and O–H groups in total. The number of aromatic nitrogens is 2. The van der Waals surface area contributed by atoms with E-state index < -0.39 is 0 Å². The number of benzene rings is 1. The average molecular weight is 266 g/mol. The van der Waals surface area contributed by atoms with Gasteiger partial charge in [0.2, 0.25) is 0 Å². The number of halogens is 1. The number of rotatable bonds is 1. The van der Waals surface area contributed by atoms with E-state index in [4.69, 9.17) is 4.52 Å². The number of aryl methyl sites for hydroxylation is 1. The summed E-state index contributed by atoms with van der Waals surface area (Å²) < 4.78 is 5.20. The molecule has 96 valence electrons. The molecule has 0 unspecified atom stereocenters. The van der Waals surface area contributed by atoms with Crippen LogP contribution < -0.4 is 5.32 Å². The van der Waals surface area contributed by atoms with E-state index in [2.05, 4.69) is 33.7 Å². The van der Waals surface area contributed by atoms with Crippen molar-refractivity contribution in [2.45, 2.75) is 19.8 Å². The zero-order chi connectivity index (χ0) is 11.7. The summed E-state index contributed by atoms with van der Waals surface area (Å²) in [5.41, 5.74) is 3.84. The molecule has 5 heteroatoms. The molecular formula is C13H16ClN3O. The molecule has 0 saturated carbocycles. The minimum atomic E-state index is 0. The lowest BCUT2D eigenvalue weighted by Gasteiger charge is -2.05. The van der Waals surface area contributed by atoms with Crippen LogP contribution in [0.5, 0.6) is 0 Å². The van der Waals surface area contributed by atoms with E-state index in [1.807, 2.05) is 6.92 Å². The Kier molecular flexibility index (Phi) is 3.99. The lowest BCUT2D eigenvalue weighted by Crippen LogP contribution is -2.16.